The average Bonchev–Trinajstić information content (AvgIpc) is 3.15. The molecule has 122 valence electrons. The second kappa shape index (κ2) is 7.48. The molecule has 0 spiro atoms. The molecule has 1 heterocycles. The third-order valence-electron chi connectivity index (χ3n) is 3.45. The highest BCUT2D eigenvalue weighted by Crippen LogP contribution is 2.19. The Kier molecular flexibility index (Phi) is 4.93. The molecule has 3 aromatic rings. The van der Waals surface area contributed by atoms with E-state index in [-0.39, 0.29) is 18.3 Å². The molecule has 0 fully saturated rings. The lowest BCUT2D eigenvalue weighted by atomic mass is 10.1. The number of carbonyl (C=O) groups is 1. The molecular weight excluding hydrogens is 306 g/mol. The number of amides is 1. The highest BCUT2D eigenvalue weighted by Gasteiger charge is 2.09. The monoisotopic (exact) mass is 323 g/mol. The summed E-state index contributed by atoms with van der Waals surface area (Å²) < 4.78 is 10.8. The van der Waals surface area contributed by atoms with Crippen LogP contribution in [-0.4, -0.2) is 11.0 Å². The summed E-state index contributed by atoms with van der Waals surface area (Å²) in [4.78, 5) is 12.0. The van der Waals surface area contributed by atoms with Crippen LogP contribution >= 0.6 is 0 Å². The lowest BCUT2D eigenvalue weighted by molar-refractivity contribution is 0.0996. The number of aliphatic hydroxyl groups is 1. The fraction of sp³-hybridized carbons (Fsp3) is 0.105. The zero-order chi connectivity index (χ0) is 16.8. The van der Waals surface area contributed by atoms with Gasteiger partial charge in [-0.05, 0) is 35.4 Å². The van der Waals surface area contributed by atoms with Gasteiger partial charge < -0.3 is 19.6 Å². The van der Waals surface area contributed by atoms with Crippen molar-refractivity contribution < 1.29 is 19.1 Å². The minimum Gasteiger partial charge on any atom is -0.489 e. The smallest absolute Gasteiger partial charge is 0.291 e. The van der Waals surface area contributed by atoms with E-state index in [0.717, 1.165) is 11.1 Å². The topological polar surface area (TPSA) is 71.7 Å². The van der Waals surface area contributed by atoms with Crippen LogP contribution in [0.15, 0.2) is 71.3 Å². The third kappa shape index (κ3) is 4.02. The van der Waals surface area contributed by atoms with E-state index < -0.39 is 0 Å². The molecule has 0 aliphatic heterocycles. The maximum atomic E-state index is 12.0. The minimum atomic E-state index is -0.309. The summed E-state index contributed by atoms with van der Waals surface area (Å²) in [6.07, 6.45) is 1.45. The van der Waals surface area contributed by atoms with Crippen molar-refractivity contribution in [3.8, 4) is 5.75 Å². The summed E-state index contributed by atoms with van der Waals surface area (Å²) >= 11 is 0. The van der Waals surface area contributed by atoms with E-state index in [0.29, 0.717) is 18.0 Å². The number of hydrogen-bond donors (Lipinski definition) is 2. The Balaban J connectivity index is 1.61. The van der Waals surface area contributed by atoms with E-state index in [1.807, 2.05) is 36.4 Å². The van der Waals surface area contributed by atoms with Crippen LogP contribution in [0.4, 0.5) is 5.69 Å². The maximum absolute atomic E-state index is 12.0. The summed E-state index contributed by atoms with van der Waals surface area (Å²) in [6, 6.07) is 18.0. The molecule has 24 heavy (non-hydrogen) atoms. The van der Waals surface area contributed by atoms with Crippen molar-refractivity contribution in [3.63, 3.8) is 0 Å². The molecule has 5 nitrogen and oxygen atoms in total. The van der Waals surface area contributed by atoms with Gasteiger partial charge in [-0.2, -0.15) is 0 Å². The molecular formula is C19H17NO4. The molecule has 2 N–H and O–H groups in total. The number of hydrogen-bond acceptors (Lipinski definition) is 4. The van der Waals surface area contributed by atoms with Gasteiger partial charge in [0, 0.05) is 11.8 Å². The predicted octanol–water partition coefficient (Wildman–Crippen LogP) is 3.60. The first-order chi connectivity index (χ1) is 11.7. The zero-order valence-corrected chi connectivity index (χ0v) is 12.9. The van der Waals surface area contributed by atoms with Crippen LogP contribution < -0.4 is 10.1 Å². The third-order valence-corrected chi connectivity index (χ3v) is 3.45. The fourth-order valence-corrected chi connectivity index (χ4v) is 2.17. The Morgan fingerprint density at radius 1 is 1.04 bits per heavy atom. The molecule has 0 radical (unpaired) electrons. The Labute approximate surface area is 139 Å². The van der Waals surface area contributed by atoms with Crippen LogP contribution in [0.5, 0.6) is 5.75 Å². The van der Waals surface area contributed by atoms with Gasteiger partial charge in [0.1, 0.15) is 12.4 Å². The molecule has 1 aromatic heterocycles. The summed E-state index contributed by atoms with van der Waals surface area (Å²) in [5.41, 5.74) is 2.49. The first kappa shape index (κ1) is 15.8. The van der Waals surface area contributed by atoms with Crippen molar-refractivity contribution in [2.24, 2.45) is 0 Å². The number of benzene rings is 2. The van der Waals surface area contributed by atoms with E-state index in [4.69, 9.17) is 14.3 Å². The number of ether oxygens (including phenoxy) is 1. The number of carbonyl (C=O) groups excluding carboxylic acids is 1. The largest absolute Gasteiger partial charge is 0.489 e. The number of nitrogens with one attached hydrogen (secondary N) is 1. The molecule has 5 heteroatoms. The summed E-state index contributed by atoms with van der Waals surface area (Å²) in [5.74, 6) is 0.598. The maximum Gasteiger partial charge on any atom is 0.291 e. The number of furan rings is 1. The zero-order valence-electron chi connectivity index (χ0n) is 12.9. The van der Waals surface area contributed by atoms with Crippen molar-refractivity contribution in [2.45, 2.75) is 13.2 Å². The van der Waals surface area contributed by atoms with Crippen LogP contribution in [-0.2, 0) is 13.2 Å². The van der Waals surface area contributed by atoms with Crippen molar-refractivity contribution in [1.29, 1.82) is 0 Å². The molecule has 0 saturated heterocycles. The van der Waals surface area contributed by atoms with Crippen LogP contribution in [0.2, 0.25) is 0 Å². The first-order valence-corrected chi connectivity index (χ1v) is 7.51. The van der Waals surface area contributed by atoms with Gasteiger partial charge in [-0.15, -0.1) is 0 Å². The standard InChI is InChI=1S/C19H17NO4/c21-12-14-6-8-15(9-7-14)13-24-17-4-1-3-16(11-17)20-19(22)18-5-2-10-23-18/h1-11,21H,12-13H2,(H,20,22). The van der Waals surface area contributed by atoms with E-state index in [9.17, 15) is 4.79 Å². The van der Waals surface area contributed by atoms with E-state index in [1.165, 1.54) is 6.26 Å². The molecule has 0 unspecified atom stereocenters. The van der Waals surface area contributed by atoms with E-state index in [2.05, 4.69) is 5.32 Å². The molecule has 1 amide bonds. The summed E-state index contributed by atoms with van der Waals surface area (Å²) in [6.45, 7) is 0.430. The van der Waals surface area contributed by atoms with Crippen molar-refractivity contribution in [1.82, 2.24) is 0 Å². The molecule has 0 bridgehead atoms. The Hall–Kier alpha value is -3.05. The number of rotatable bonds is 6. The van der Waals surface area contributed by atoms with Crippen LogP contribution in [0.1, 0.15) is 21.7 Å². The number of aliphatic hydroxyl groups excluding tert-OH is 1. The molecule has 0 aliphatic rings. The quantitative estimate of drug-likeness (QED) is 0.727. The van der Waals surface area contributed by atoms with E-state index in [1.54, 1.807) is 24.3 Å². The first-order valence-electron chi connectivity index (χ1n) is 7.51. The molecule has 0 aliphatic carbocycles. The highest BCUT2D eigenvalue weighted by atomic mass is 16.5. The van der Waals surface area contributed by atoms with Crippen molar-refractivity contribution in [2.75, 3.05) is 5.32 Å². The fourth-order valence-electron chi connectivity index (χ4n) is 2.17. The summed E-state index contributed by atoms with van der Waals surface area (Å²) in [7, 11) is 0. The van der Waals surface area contributed by atoms with Gasteiger partial charge in [0.2, 0.25) is 0 Å². The second-order valence-electron chi connectivity index (χ2n) is 5.22. The lowest BCUT2D eigenvalue weighted by Crippen LogP contribution is -2.10. The molecule has 0 atom stereocenters. The Morgan fingerprint density at radius 2 is 1.83 bits per heavy atom. The average molecular weight is 323 g/mol. The predicted molar refractivity (Wildman–Crippen MR) is 89.8 cm³/mol. The van der Waals surface area contributed by atoms with Gasteiger partial charge in [-0.1, -0.05) is 30.3 Å². The van der Waals surface area contributed by atoms with Crippen LogP contribution in [0.3, 0.4) is 0 Å². The van der Waals surface area contributed by atoms with Gasteiger partial charge in [0.25, 0.3) is 5.91 Å². The highest BCUT2D eigenvalue weighted by molar-refractivity contribution is 6.02. The van der Waals surface area contributed by atoms with E-state index >= 15 is 0 Å². The SMILES string of the molecule is O=C(Nc1cccc(OCc2ccc(CO)cc2)c1)c1ccco1. The van der Waals surface area contributed by atoms with Gasteiger partial charge in [-0.25, -0.2) is 0 Å². The Morgan fingerprint density at radius 3 is 2.54 bits per heavy atom. The van der Waals surface area contributed by atoms with Crippen LogP contribution in [0, 0.1) is 0 Å². The normalized spacial score (nSPS) is 10.4. The summed E-state index contributed by atoms with van der Waals surface area (Å²) in [5, 5.41) is 11.8. The van der Waals surface area contributed by atoms with Crippen molar-refractivity contribution >= 4 is 11.6 Å². The molecule has 3 rings (SSSR count). The van der Waals surface area contributed by atoms with Gasteiger partial charge in [-0.3, -0.25) is 4.79 Å². The number of anilines is 1. The Bertz CT molecular complexity index is 794. The molecule has 0 saturated carbocycles. The van der Waals surface area contributed by atoms with Crippen LogP contribution in [0.25, 0.3) is 0 Å². The molecule has 2 aromatic carbocycles. The van der Waals surface area contributed by atoms with Crippen molar-refractivity contribution in [3.05, 3.63) is 83.8 Å². The second-order valence-corrected chi connectivity index (χ2v) is 5.22. The van der Waals surface area contributed by atoms with Gasteiger partial charge >= 0.3 is 0 Å². The van der Waals surface area contributed by atoms with Gasteiger partial charge in [0.05, 0.1) is 12.9 Å². The lowest BCUT2D eigenvalue weighted by Gasteiger charge is -2.09. The van der Waals surface area contributed by atoms with Gasteiger partial charge in [0.15, 0.2) is 5.76 Å². The minimum absolute atomic E-state index is 0.0263.